The molecule has 0 amide bonds. The standard InChI is InChI=1S/C8H10O3S.C3H6.C2H6/c1-12(10,11)8-4-2-3-7(5-8)6-9;1-3-2;1-2/h2-5,9H,6H2,1H3;3H,1H2,2H3;1-2H3. The molecule has 0 unspecified atom stereocenters. The average molecular weight is 258 g/mol. The minimum absolute atomic E-state index is 0.136. The molecular weight excluding hydrogens is 236 g/mol. The van der Waals surface area contributed by atoms with E-state index in [1.165, 1.54) is 12.1 Å². The molecule has 0 saturated heterocycles. The Morgan fingerprint density at radius 2 is 1.82 bits per heavy atom. The highest BCUT2D eigenvalue weighted by molar-refractivity contribution is 7.90. The summed E-state index contributed by atoms with van der Waals surface area (Å²) in [7, 11) is -3.15. The van der Waals surface area contributed by atoms with Gasteiger partial charge in [0.05, 0.1) is 11.5 Å². The molecular formula is C13H22O3S. The topological polar surface area (TPSA) is 54.4 Å². The molecule has 0 aliphatic carbocycles. The molecule has 1 aromatic rings. The van der Waals surface area contributed by atoms with E-state index in [1.807, 2.05) is 20.8 Å². The highest BCUT2D eigenvalue weighted by Crippen LogP contribution is 2.10. The lowest BCUT2D eigenvalue weighted by Crippen LogP contribution is -1.97. The van der Waals surface area contributed by atoms with Crippen LogP contribution in [-0.2, 0) is 16.4 Å². The molecule has 0 saturated carbocycles. The molecule has 1 N–H and O–H groups in total. The van der Waals surface area contributed by atoms with Gasteiger partial charge in [-0.2, -0.15) is 0 Å². The normalized spacial score (nSPS) is 9.24. The van der Waals surface area contributed by atoms with Crippen LogP contribution in [0.4, 0.5) is 0 Å². The van der Waals surface area contributed by atoms with Crippen molar-refractivity contribution in [2.45, 2.75) is 32.3 Å². The van der Waals surface area contributed by atoms with Gasteiger partial charge in [-0.1, -0.05) is 32.1 Å². The Labute approximate surface area is 105 Å². The third kappa shape index (κ3) is 8.65. The van der Waals surface area contributed by atoms with E-state index in [9.17, 15) is 8.42 Å². The van der Waals surface area contributed by atoms with Crippen molar-refractivity contribution in [3.05, 3.63) is 42.5 Å². The van der Waals surface area contributed by atoms with Crippen molar-refractivity contribution in [3.63, 3.8) is 0 Å². The molecule has 1 aromatic carbocycles. The van der Waals surface area contributed by atoms with E-state index in [2.05, 4.69) is 6.58 Å². The first-order valence-corrected chi connectivity index (χ1v) is 7.31. The summed E-state index contributed by atoms with van der Waals surface area (Å²) in [5.74, 6) is 0. The fourth-order valence-corrected chi connectivity index (χ4v) is 1.57. The van der Waals surface area contributed by atoms with Gasteiger partial charge in [0.2, 0.25) is 0 Å². The maximum atomic E-state index is 11.0. The second kappa shape index (κ2) is 10.1. The molecule has 0 heterocycles. The van der Waals surface area contributed by atoms with Crippen LogP contribution >= 0.6 is 0 Å². The summed E-state index contributed by atoms with van der Waals surface area (Å²) in [5.41, 5.74) is 0.609. The summed E-state index contributed by atoms with van der Waals surface area (Å²) >= 11 is 0. The van der Waals surface area contributed by atoms with Gasteiger partial charge in [-0.3, -0.25) is 0 Å². The Morgan fingerprint density at radius 3 is 2.18 bits per heavy atom. The second-order valence-corrected chi connectivity index (χ2v) is 5.00. The van der Waals surface area contributed by atoms with Crippen LogP contribution in [0.1, 0.15) is 26.3 Å². The molecule has 0 aliphatic rings. The summed E-state index contributed by atoms with van der Waals surface area (Å²) in [6, 6.07) is 6.26. The molecule has 0 fully saturated rings. The van der Waals surface area contributed by atoms with Crippen LogP contribution in [0, 0.1) is 0 Å². The summed E-state index contributed by atoms with van der Waals surface area (Å²) in [5, 5.41) is 8.73. The SMILES string of the molecule is C=CC.CC.CS(=O)(=O)c1cccc(CO)c1. The van der Waals surface area contributed by atoms with Gasteiger partial charge in [0.15, 0.2) is 9.84 Å². The van der Waals surface area contributed by atoms with Crippen LogP contribution in [0.15, 0.2) is 41.8 Å². The fraction of sp³-hybridized carbons (Fsp3) is 0.385. The lowest BCUT2D eigenvalue weighted by Gasteiger charge is -1.99. The summed E-state index contributed by atoms with van der Waals surface area (Å²) < 4.78 is 22.0. The minimum Gasteiger partial charge on any atom is -0.392 e. The molecule has 0 aliphatic heterocycles. The van der Waals surface area contributed by atoms with Gasteiger partial charge in [-0.25, -0.2) is 8.42 Å². The smallest absolute Gasteiger partial charge is 0.175 e. The first-order chi connectivity index (χ1) is 7.95. The zero-order valence-corrected chi connectivity index (χ0v) is 11.8. The van der Waals surface area contributed by atoms with E-state index in [-0.39, 0.29) is 11.5 Å². The number of aliphatic hydroxyl groups excluding tert-OH is 1. The number of aliphatic hydroxyl groups is 1. The Hall–Kier alpha value is -1.13. The number of hydrogen-bond acceptors (Lipinski definition) is 3. The monoisotopic (exact) mass is 258 g/mol. The molecule has 0 bridgehead atoms. The van der Waals surface area contributed by atoms with Crippen molar-refractivity contribution in [3.8, 4) is 0 Å². The van der Waals surface area contributed by atoms with Gasteiger partial charge < -0.3 is 5.11 Å². The second-order valence-electron chi connectivity index (χ2n) is 2.99. The van der Waals surface area contributed by atoms with E-state index in [1.54, 1.807) is 18.2 Å². The number of sulfone groups is 1. The first kappa shape index (κ1) is 18.2. The van der Waals surface area contributed by atoms with Crippen molar-refractivity contribution >= 4 is 9.84 Å². The maximum Gasteiger partial charge on any atom is 0.175 e. The molecule has 3 nitrogen and oxygen atoms in total. The summed E-state index contributed by atoms with van der Waals surface area (Å²) in [6.07, 6.45) is 2.89. The third-order valence-electron chi connectivity index (χ3n) is 1.51. The van der Waals surface area contributed by atoms with Crippen molar-refractivity contribution in [1.82, 2.24) is 0 Å². The van der Waals surface area contributed by atoms with E-state index in [0.29, 0.717) is 5.56 Å². The highest BCUT2D eigenvalue weighted by Gasteiger charge is 2.06. The van der Waals surface area contributed by atoms with Gasteiger partial charge in [0, 0.05) is 6.26 Å². The maximum absolute atomic E-state index is 11.0. The van der Waals surface area contributed by atoms with Gasteiger partial charge in [0.25, 0.3) is 0 Å². The molecule has 0 atom stereocenters. The van der Waals surface area contributed by atoms with Crippen LogP contribution in [0.5, 0.6) is 0 Å². The summed E-state index contributed by atoms with van der Waals surface area (Å²) in [6.45, 7) is 9.11. The van der Waals surface area contributed by atoms with Crippen LogP contribution in [0.2, 0.25) is 0 Å². The van der Waals surface area contributed by atoms with Gasteiger partial charge in [-0.05, 0) is 24.6 Å². The number of allylic oxidation sites excluding steroid dienone is 1. The Balaban J connectivity index is 0. The zero-order valence-electron chi connectivity index (χ0n) is 11.0. The molecule has 0 radical (unpaired) electrons. The zero-order chi connectivity index (χ0) is 13.9. The quantitative estimate of drug-likeness (QED) is 0.830. The minimum atomic E-state index is -3.15. The summed E-state index contributed by atoms with van der Waals surface area (Å²) in [4.78, 5) is 0.244. The first-order valence-electron chi connectivity index (χ1n) is 5.42. The van der Waals surface area contributed by atoms with Gasteiger partial charge >= 0.3 is 0 Å². The van der Waals surface area contributed by atoms with Gasteiger partial charge in [0.1, 0.15) is 0 Å². The molecule has 0 aromatic heterocycles. The van der Waals surface area contributed by atoms with Crippen molar-refractivity contribution in [2.75, 3.05) is 6.26 Å². The molecule has 4 heteroatoms. The average Bonchev–Trinajstić information content (AvgIpc) is 2.32. The molecule has 1 rings (SSSR count). The highest BCUT2D eigenvalue weighted by atomic mass is 32.2. The Kier molecular flexibility index (Phi) is 10.8. The van der Waals surface area contributed by atoms with Crippen molar-refractivity contribution in [1.29, 1.82) is 0 Å². The van der Waals surface area contributed by atoms with Crippen LogP contribution < -0.4 is 0 Å². The van der Waals surface area contributed by atoms with Crippen molar-refractivity contribution < 1.29 is 13.5 Å². The molecule has 98 valence electrons. The Morgan fingerprint density at radius 1 is 1.35 bits per heavy atom. The number of hydrogen-bond donors (Lipinski definition) is 1. The molecule has 0 spiro atoms. The fourth-order valence-electron chi connectivity index (χ4n) is 0.874. The predicted molar refractivity (Wildman–Crippen MR) is 72.7 cm³/mol. The molecule has 17 heavy (non-hydrogen) atoms. The van der Waals surface area contributed by atoms with E-state index in [0.717, 1.165) is 6.26 Å². The van der Waals surface area contributed by atoms with E-state index >= 15 is 0 Å². The Bertz CT molecular complexity index is 408. The predicted octanol–water partition coefficient (Wildman–Crippen LogP) is 2.80. The van der Waals surface area contributed by atoms with E-state index < -0.39 is 9.84 Å². The largest absolute Gasteiger partial charge is 0.392 e. The van der Waals surface area contributed by atoms with Gasteiger partial charge in [-0.15, -0.1) is 6.58 Å². The van der Waals surface area contributed by atoms with Crippen molar-refractivity contribution in [2.24, 2.45) is 0 Å². The van der Waals surface area contributed by atoms with Crippen LogP contribution in [0.3, 0.4) is 0 Å². The number of rotatable bonds is 2. The number of benzene rings is 1. The lowest BCUT2D eigenvalue weighted by atomic mass is 10.2. The van der Waals surface area contributed by atoms with Crippen LogP contribution in [-0.4, -0.2) is 19.8 Å². The lowest BCUT2D eigenvalue weighted by molar-refractivity contribution is 0.281. The van der Waals surface area contributed by atoms with E-state index in [4.69, 9.17) is 5.11 Å². The van der Waals surface area contributed by atoms with Crippen LogP contribution in [0.25, 0.3) is 0 Å². The third-order valence-corrected chi connectivity index (χ3v) is 2.62.